The van der Waals surface area contributed by atoms with E-state index in [1.165, 1.54) is 0 Å². The number of nitrogens with zero attached hydrogens (tertiary/aromatic N) is 1. The minimum absolute atomic E-state index is 0.0523. The van der Waals surface area contributed by atoms with E-state index in [4.69, 9.17) is 15.2 Å². The van der Waals surface area contributed by atoms with Gasteiger partial charge in [0.2, 0.25) is 0 Å². The zero-order valence-electron chi connectivity index (χ0n) is 17.7. The van der Waals surface area contributed by atoms with E-state index >= 15 is 0 Å². The van der Waals surface area contributed by atoms with Gasteiger partial charge in [-0.3, -0.25) is 0 Å². The molecule has 0 saturated heterocycles. The topological polar surface area (TPSA) is 104 Å². The fraction of sp³-hybridized carbons (Fsp3) is 0.348. The van der Waals surface area contributed by atoms with Gasteiger partial charge >= 0.3 is 12.1 Å². The molecule has 7 heteroatoms. The van der Waals surface area contributed by atoms with E-state index in [0.29, 0.717) is 17.1 Å². The van der Waals surface area contributed by atoms with Gasteiger partial charge in [-0.1, -0.05) is 42.2 Å². The molecule has 1 aromatic carbocycles. The number of aryl methyl sites for hydroxylation is 1. The number of carbonyl (C=O) groups is 2. The Bertz CT molecular complexity index is 940. The van der Waals surface area contributed by atoms with Crippen molar-refractivity contribution >= 4 is 17.9 Å². The first-order chi connectivity index (χ1) is 14.1. The number of nitrogens with one attached hydrogen (secondary N) is 1. The number of rotatable bonds is 5. The average molecular weight is 409 g/mol. The predicted molar refractivity (Wildman–Crippen MR) is 114 cm³/mol. The summed E-state index contributed by atoms with van der Waals surface area (Å²) in [6.07, 6.45) is -0.660. The van der Waals surface area contributed by atoms with Gasteiger partial charge in [0, 0.05) is 12.0 Å². The lowest BCUT2D eigenvalue weighted by Crippen LogP contribution is -2.44. The van der Waals surface area contributed by atoms with Crippen molar-refractivity contribution in [2.45, 2.75) is 52.4 Å². The lowest BCUT2D eigenvalue weighted by Gasteiger charge is -2.22. The summed E-state index contributed by atoms with van der Waals surface area (Å²) in [5.41, 5.74) is 7.18. The quantitative estimate of drug-likeness (QED) is 0.580. The van der Waals surface area contributed by atoms with Crippen LogP contribution in [0.25, 0.3) is 0 Å². The van der Waals surface area contributed by atoms with Crippen molar-refractivity contribution in [1.29, 1.82) is 0 Å². The number of esters is 1. The maximum atomic E-state index is 12.6. The van der Waals surface area contributed by atoms with Crippen molar-refractivity contribution in [3.8, 4) is 11.8 Å². The maximum absolute atomic E-state index is 12.6. The molecular weight excluding hydrogens is 382 g/mol. The van der Waals surface area contributed by atoms with Crippen LogP contribution in [0, 0.1) is 18.8 Å². The van der Waals surface area contributed by atoms with Gasteiger partial charge < -0.3 is 20.5 Å². The normalized spacial score (nSPS) is 11.6. The number of hydrogen-bond acceptors (Lipinski definition) is 6. The molecule has 1 unspecified atom stereocenters. The minimum Gasteiger partial charge on any atom is -0.459 e. The van der Waals surface area contributed by atoms with E-state index in [9.17, 15) is 9.59 Å². The number of alkyl carbamates (subject to hydrolysis) is 1. The Morgan fingerprint density at radius 1 is 1.17 bits per heavy atom. The number of aromatic nitrogens is 1. The SMILES string of the molecule is Cc1nc(N)ccc1C#CCC(NC(=O)OC(C)(C)C)C(=O)OCc1ccccc1. The molecule has 0 bridgehead atoms. The summed E-state index contributed by atoms with van der Waals surface area (Å²) < 4.78 is 10.6. The molecule has 0 aliphatic rings. The highest BCUT2D eigenvalue weighted by molar-refractivity contribution is 5.81. The van der Waals surface area contributed by atoms with Crippen LogP contribution in [0.5, 0.6) is 0 Å². The van der Waals surface area contributed by atoms with Crippen molar-refractivity contribution in [3.63, 3.8) is 0 Å². The van der Waals surface area contributed by atoms with Crippen molar-refractivity contribution in [2.75, 3.05) is 5.73 Å². The second-order valence-electron chi connectivity index (χ2n) is 7.67. The fourth-order valence-corrected chi connectivity index (χ4v) is 2.43. The van der Waals surface area contributed by atoms with E-state index < -0.39 is 23.7 Å². The average Bonchev–Trinajstić information content (AvgIpc) is 2.66. The molecule has 30 heavy (non-hydrogen) atoms. The summed E-state index contributed by atoms with van der Waals surface area (Å²) in [5.74, 6) is 5.68. The molecule has 2 aromatic rings. The van der Waals surface area contributed by atoms with Crippen LogP contribution in [0.2, 0.25) is 0 Å². The van der Waals surface area contributed by atoms with Gasteiger partial charge in [-0.2, -0.15) is 0 Å². The van der Waals surface area contributed by atoms with Gasteiger partial charge in [-0.25, -0.2) is 14.6 Å². The van der Waals surface area contributed by atoms with Gasteiger partial charge in [-0.15, -0.1) is 0 Å². The van der Waals surface area contributed by atoms with E-state index in [1.54, 1.807) is 39.8 Å². The first-order valence-corrected chi connectivity index (χ1v) is 9.56. The number of nitrogens with two attached hydrogens (primary N) is 1. The zero-order chi connectivity index (χ0) is 22.1. The molecule has 158 valence electrons. The van der Waals surface area contributed by atoms with Gasteiger partial charge in [0.05, 0.1) is 5.69 Å². The Hall–Kier alpha value is -3.53. The largest absolute Gasteiger partial charge is 0.459 e. The first kappa shape index (κ1) is 22.8. The Kier molecular flexibility index (Phi) is 7.82. The van der Waals surface area contributed by atoms with Crippen LogP contribution in [0.3, 0.4) is 0 Å². The molecule has 0 radical (unpaired) electrons. The van der Waals surface area contributed by atoms with Crippen LogP contribution >= 0.6 is 0 Å². The predicted octanol–water partition coefficient (Wildman–Crippen LogP) is 3.35. The summed E-state index contributed by atoms with van der Waals surface area (Å²) in [4.78, 5) is 28.9. The zero-order valence-corrected chi connectivity index (χ0v) is 17.7. The Morgan fingerprint density at radius 3 is 2.50 bits per heavy atom. The molecule has 1 heterocycles. The summed E-state index contributed by atoms with van der Waals surface area (Å²) in [7, 11) is 0. The Labute approximate surface area is 177 Å². The summed E-state index contributed by atoms with van der Waals surface area (Å²) in [6.45, 7) is 7.12. The molecule has 0 aliphatic carbocycles. The highest BCUT2D eigenvalue weighted by Crippen LogP contribution is 2.09. The third-order valence-corrected chi connectivity index (χ3v) is 3.84. The monoisotopic (exact) mass is 409 g/mol. The van der Waals surface area contributed by atoms with Crippen molar-refractivity contribution < 1.29 is 19.1 Å². The number of ether oxygens (including phenoxy) is 2. The second-order valence-corrected chi connectivity index (χ2v) is 7.67. The maximum Gasteiger partial charge on any atom is 0.408 e. The van der Waals surface area contributed by atoms with Crippen molar-refractivity contribution in [2.24, 2.45) is 0 Å². The molecule has 0 aliphatic heterocycles. The highest BCUT2D eigenvalue weighted by Gasteiger charge is 2.25. The Morgan fingerprint density at radius 2 is 1.87 bits per heavy atom. The molecule has 1 atom stereocenters. The lowest BCUT2D eigenvalue weighted by molar-refractivity contribution is -0.147. The Balaban J connectivity index is 2.09. The number of carbonyl (C=O) groups excluding carboxylic acids is 2. The molecule has 2 rings (SSSR count). The van der Waals surface area contributed by atoms with Crippen LogP contribution in [0.4, 0.5) is 10.6 Å². The molecule has 0 fully saturated rings. The molecule has 7 nitrogen and oxygen atoms in total. The lowest BCUT2D eigenvalue weighted by atomic mass is 10.1. The molecule has 1 amide bonds. The van der Waals surface area contributed by atoms with E-state index in [0.717, 1.165) is 5.56 Å². The van der Waals surface area contributed by atoms with Crippen LogP contribution in [0.15, 0.2) is 42.5 Å². The highest BCUT2D eigenvalue weighted by atomic mass is 16.6. The van der Waals surface area contributed by atoms with E-state index in [-0.39, 0.29) is 13.0 Å². The minimum atomic E-state index is -0.974. The standard InChI is InChI=1S/C23H27N3O4/c1-16-18(13-14-20(24)25-16)11-8-12-19(26-22(28)30-23(2,3)4)21(27)29-15-17-9-6-5-7-10-17/h5-7,9-10,13-14,19H,12,15H2,1-4H3,(H2,24,25)(H,26,28). The number of pyridine rings is 1. The number of anilines is 1. The summed E-state index contributed by atoms with van der Waals surface area (Å²) >= 11 is 0. The first-order valence-electron chi connectivity index (χ1n) is 9.56. The van der Waals surface area contributed by atoms with E-state index in [2.05, 4.69) is 22.1 Å². The summed E-state index contributed by atoms with van der Waals surface area (Å²) in [6, 6.07) is 11.7. The van der Waals surface area contributed by atoms with Crippen molar-refractivity contribution in [1.82, 2.24) is 10.3 Å². The number of nitrogen functional groups attached to an aromatic ring is 1. The van der Waals surface area contributed by atoms with Gasteiger partial charge in [0.25, 0.3) is 0 Å². The number of amides is 1. The van der Waals surface area contributed by atoms with Crippen molar-refractivity contribution in [3.05, 3.63) is 59.3 Å². The van der Waals surface area contributed by atoms with Gasteiger partial charge in [-0.05, 0) is 45.4 Å². The van der Waals surface area contributed by atoms with Gasteiger partial charge in [0.15, 0.2) is 0 Å². The molecule has 0 spiro atoms. The molecule has 0 saturated carbocycles. The van der Waals surface area contributed by atoms with Crippen LogP contribution in [-0.2, 0) is 20.9 Å². The number of benzene rings is 1. The third-order valence-electron chi connectivity index (χ3n) is 3.84. The number of hydrogen-bond donors (Lipinski definition) is 2. The van der Waals surface area contributed by atoms with E-state index in [1.807, 2.05) is 30.3 Å². The fourth-order valence-electron chi connectivity index (χ4n) is 2.43. The molecular formula is C23H27N3O4. The summed E-state index contributed by atoms with van der Waals surface area (Å²) in [5, 5.41) is 2.55. The van der Waals surface area contributed by atoms with Crippen LogP contribution < -0.4 is 11.1 Å². The molecule has 1 aromatic heterocycles. The second kappa shape index (κ2) is 10.3. The smallest absolute Gasteiger partial charge is 0.408 e. The van der Waals surface area contributed by atoms with Gasteiger partial charge in [0.1, 0.15) is 24.1 Å². The van der Waals surface area contributed by atoms with Crippen LogP contribution in [-0.4, -0.2) is 28.7 Å². The van der Waals surface area contributed by atoms with Crippen LogP contribution in [0.1, 0.15) is 44.0 Å². The third kappa shape index (κ3) is 7.84. The molecule has 3 N–H and O–H groups in total.